The van der Waals surface area contributed by atoms with Crippen molar-refractivity contribution in [1.29, 1.82) is 0 Å². The molecule has 1 aromatic carbocycles. The fourth-order valence-electron chi connectivity index (χ4n) is 1.05. The van der Waals surface area contributed by atoms with E-state index in [-0.39, 0.29) is 34.5 Å². The van der Waals surface area contributed by atoms with Gasteiger partial charge < -0.3 is 4.55 Å². The first-order valence-electron chi connectivity index (χ1n) is 3.87. The first-order valence-corrected chi connectivity index (χ1v) is 5.27. The van der Waals surface area contributed by atoms with Crippen LogP contribution < -0.4 is 29.6 Å². The number of hydrogen-bond donors (Lipinski definition) is 0. The van der Waals surface area contributed by atoms with Crippen LogP contribution in [0.5, 0.6) is 0 Å². The number of hydrogen-bond acceptors (Lipinski definition) is 6. The van der Waals surface area contributed by atoms with Gasteiger partial charge in [-0.1, -0.05) is 0 Å². The Hall–Kier alpha value is -0.800. The summed E-state index contributed by atoms with van der Waals surface area (Å²) >= 11 is 0. The van der Waals surface area contributed by atoms with Crippen molar-refractivity contribution in [3.63, 3.8) is 0 Å². The predicted molar refractivity (Wildman–Crippen MR) is 47.1 cm³/mol. The number of benzene rings is 1. The van der Waals surface area contributed by atoms with Gasteiger partial charge in [0.2, 0.25) is 0 Å². The van der Waals surface area contributed by atoms with Crippen LogP contribution in [0.4, 0.5) is 0 Å². The summed E-state index contributed by atoms with van der Waals surface area (Å²) < 4.78 is 33.2. The van der Waals surface area contributed by atoms with Crippen LogP contribution >= 0.6 is 0 Å². The van der Waals surface area contributed by atoms with E-state index >= 15 is 0 Å². The Morgan fingerprint density at radius 1 is 1.19 bits per heavy atom. The van der Waals surface area contributed by atoms with Gasteiger partial charge in [0.05, 0.1) is 10.6 Å². The van der Waals surface area contributed by atoms with Crippen molar-refractivity contribution in [2.45, 2.75) is 4.90 Å². The number of tetrazole rings is 1. The smallest absolute Gasteiger partial charge is 0.744 e. The summed E-state index contributed by atoms with van der Waals surface area (Å²) in [4.78, 5) is -0.278. The average molecular weight is 248 g/mol. The largest absolute Gasteiger partial charge is 1.00 e. The van der Waals surface area contributed by atoms with Gasteiger partial charge in [0.1, 0.15) is 16.4 Å². The Morgan fingerprint density at radius 2 is 1.81 bits per heavy atom. The maximum Gasteiger partial charge on any atom is 1.00 e. The summed E-state index contributed by atoms with van der Waals surface area (Å²) in [5.74, 6) is 0. The van der Waals surface area contributed by atoms with Crippen molar-refractivity contribution in [2.24, 2.45) is 0 Å². The molecule has 0 N–H and O–H groups in total. The molecule has 78 valence electrons. The zero-order chi connectivity index (χ0) is 10.9. The van der Waals surface area contributed by atoms with Gasteiger partial charge in [-0.3, -0.25) is 0 Å². The SMILES string of the molecule is O=S(=O)([O-])c1ccc(-n2cnnn2)cc1.[Na+]. The summed E-state index contributed by atoms with van der Waals surface area (Å²) in [5.41, 5.74) is 0.576. The quantitative estimate of drug-likeness (QED) is 0.405. The van der Waals surface area contributed by atoms with E-state index in [4.69, 9.17) is 0 Å². The minimum atomic E-state index is -4.40. The van der Waals surface area contributed by atoms with Crippen LogP contribution in [0.1, 0.15) is 0 Å². The molecule has 2 aromatic rings. The van der Waals surface area contributed by atoms with Crippen molar-refractivity contribution < 1.29 is 42.5 Å². The maximum absolute atomic E-state index is 10.6. The summed E-state index contributed by atoms with van der Waals surface area (Å²) in [6, 6.07) is 5.31. The molecule has 0 saturated heterocycles. The molecule has 1 heterocycles. The van der Waals surface area contributed by atoms with Crippen molar-refractivity contribution in [2.75, 3.05) is 0 Å². The molecule has 0 spiro atoms. The van der Waals surface area contributed by atoms with Gasteiger partial charge in [0.15, 0.2) is 0 Å². The predicted octanol–water partition coefficient (Wildman–Crippen LogP) is -3.43. The monoisotopic (exact) mass is 248 g/mol. The summed E-state index contributed by atoms with van der Waals surface area (Å²) in [7, 11) is -4.40. The molecule has 1 aromatic heterocycles. The van der Waals surface area contributed by atoms with Crippen molar-refractivity contribution in [3.05, 3.63) is 30.6 Å². The second-order valence-electron chi connectivity index (χ2n) is 2.70. The normalized spacial score (nSPS) is 10.8. The van der Waals surface area contributed by atoms with E-state index in [0.717, 1.165) is 0 Å². The van der Waals surface area contributed by atoms with Crippen LogP contribution in [0.2, 0.25) is 0 Å². The zero-order valence-electron chi connectivity index (χ0n) is 8.31. The molecule has 0 unspecified atom stereocenters. The zero-order valence-corrected chi connectivity index (χ0v) is 11.1. The van der Waals surface area contributed by atoms with E-state index < -0.39 is 10.1 Å². The van der Waals surface area contributed by atoms with Crippen molar-refractivity contribution in [3.8, 4) is 5.69 Å². The van der Waals surface area contributed by atoms with E-state index in [9.17, 15) is 13.0 Å². The van der Waals surface area contributed by atoms with Crippen LogP contribution in [-0.2, 0) is 10.1 Å². The second-order valence-corrected chi connectivity index (χ2v) is 4.08. The molecule has 2 rings (SSSR count). The molecule has 0 radical (unpaired) electrons. The van der Waals surface area contributed by atoms with Gasteiger partial charge in [-0.25, -0.2) is 13.1 Å². The van der Waals surface area contributed by atoms with Crippen molar-refractivity contribution in [1.82, 2.24) is 20.2 Å². The Morgan fingerprint density at radius 3 is 2.25 bits per heavy atom. The van der Waals surface area contributed by atoms with E-state index in [2.05, 4.69) is 15.5 Å². The number of nitrogens with zero attached hydrogens (tertiary/aromatic N) is 4. The molecule has 0 aliphatic carbocycles. The van der Waals surface area contributed by atoms with Crippen LogP contribution in [0.3, 0.4) is 0 Å². The molecule has 16 heavy (non-hydrogen) atoms. The van der Waals surface area contributed by atoms with E-state index in [1.54, 1.807) is 0 Å². The summed E-state index contributed by atoms with van der Waals surface area (Å²) in [5, 5.41) is 10.5. The first kappa shape index (κ1) is 13.3. The first-order chi connectivity index (χ1) is 7.07. The topological polar surface area (TPSA) is 101 Å². The fraction of sp³-hybridized carbons (Fsp3) is 0. The van der Waals surface area contributed by atoms with Gasteiger partial charge >= 0.3 is 29.6 Å². The van der Waals surface area contributed by atoms with Gasteiger partial charge in [-0.2, -0.15) is 0 Å². The molecule has 0 aliphatic heterocycles. The molecule has 9 heteroatoms. The van der Waals surface area contributed by atoms with Gasteiger partial charge in [0, 0.05) is 0 Å². The second kappa shape index (κ2) is 5.02. The third-order valence-electron chi connectivity index (χ3n) is 1.74. The molecule has 7 nitrogen and oxygen atoms in total. The van der Waals surface area contributed by atoms with E-state index in [1.165, 1.54) is 35.3 Å². The number of aromatic nitrogens is 4. The van der Waals surface area contributed by atoms with E-state index in [0.29, 0.717) is 5.69 Å². The molecule has 0 aliphatic rings. The Balaban J connectivity index is 0.00000128. The molecule has 0 atom stereocenters. The van der Waals surface area contributed by atoms with Gasteiger partial charge in [0.25, 0.3) is 0 Å². The minimum Gasteiger partial charge on any atom is -0.744 e. The van der Waals surface area contributed by atoms with Crippen LogP contribution in [0, 0.1) is 0 Å². The molecule has 0 saturated carbocycles. The number of rotatable bonds is 2. The Bertz CT molecular complexity index is 552. The van der Waals surface area contributed by atoms with Gasteiger partial charge in [-0.05, 0) is 34.7 Å². The minimum absolute atomic E-state index is 0. The fourth-order valence-corrected chi connectivity index (χ4v) is 1.51. The van der Waals surface area contributed by atoms with E-state index in [1.807, 2.05) is 0 Å². The average Bonchev–Trinajstić information content (AvgIpc) is 2.69. The van der Waals surface area contributed by atoms with Gasteiger partial charge in [-0.15, -0.1) is 5.10 Å². The third-order valence-corrected chi connectivity index (χ3v) is 2.59. The van der Waals surface area contributed by atoms with Crippen LogP contribution in [-0.4, -0.2) is 33.2 Å². The van der Waals surface area contributed by atoms with Crippen LogP contribution in [0.25, 0.3) is 5.69 Å². The molecule has 0 bridgehead atoms. The molecular weight excluding hydrogens is 243 g/mol. The van der Waals surface area contributed by atoms with Crippen LogP contribution in [0.15, 0.2) is 35.5 Å². The third kappa shape index (κ3) is 2.86. The molecule has 0 amide bonds. The maximum atomic E-state index is 10.6. The standard InChI is InChI=1S/C7H6N4O3S.Na/c12-15(13,14)7-3-1-6(2-4-7)11-5-8-9-10-11;/h1-5H,(H,12,13,14);/q;+1/p-1. The Labute approximate surface area is 114 Å². The van der Waals surface area contributed by atoms with Crippen molar-refractivity contribution >= 4 is 10.1 Å². The molecular formula is C7H5N4NaO3S. The summed E-state index contributed by atoms with van der Waals surface area (Å²) in [6.45, 7) is 0. The molecule has 0 fully saturated rings. The Kier molecular flexibility index (Phi) is 4.16. The summed E-state index contributed by atoms with van der Waals surface area (Å²) in [6.07, 6.45) is 1.36.